The Kier molecular flexibility index (Phi) is 3.71. The van der Waals surface area contributed by atoms with Gasteiger partial charge >= 0.3 is 0 Å². The minimum Gasteiger partial charge on any atom is -0.312 e. The van der Waals surface area contributed by atoms with E-state index >= 15 is 0 Å². The van der Waals surface area contributed by atoms with Crippen LogP contribution in [0.2, 0.25) is 0 Å². The molecule has 0 amide bonds. The molecule has 1 N–H and O–H groups in total. The Labute approximate surface area is 122 Å². The van der Waals surface area contributed by atoms with E-state index in [-0.39, 0.29) is 0 Å². The third-order valence-corrected chi connectivity index (χ3v) is 4.20. The van der Waals surface area contributed by atoms with Gasteiger partial charge in [-0.2, -0.15) is 5.10 Å². The molecule has 1 aromatic heterocycles. The van der Waals surface area contributed by atoms with E-state index in [1.807, 2.05) is 0 Å². The van der Waals surface area contributed by atoms with E-state index in [0.29, 0.717) is 0 Å². The Morgan fingerprint density at radius 3 is 2.84 bits per heavy atom. The summed E-state index contributed by atoms with van der Waals surface area (Å²) in [6.45, 7) is 5.08. The lowest BCUT2D eigenvalue weighted by molar-refractivity contribution is 0.582. The fraction of sp³-hybridized carbons (Fsp3) is 0.400. The number of nitrogens with one attached hydrogen (secondary N) is 1. The first-order valence-electron chi connectivity index (χ1n) is 6.80. The Bertz CT molecular complexity index is 572. The van der Waals surface area contributed by atoms with Crippen molar-refractivity contribution in [3.63, 3.8) is 0 Å². The summed E-state index contributed by atoms with van der Waals surface area (Å²) >= 11 is 3.48. The van der Waals surface area contributed by atoms with Gasteiger partial charge in [-0.15, -0.1) is 0 Å². The van der Waals surface area contributed by atoms with Crippen molar-refractivity contribution in [1.29, 1.82) is 0 Å². The Morgan fingerprint density at radius 1 is 1.32 bits per heavy atom. The van der Waals surface area contributed by atoms with Gasteiger partial charge < -0.3 is 5.32 Å². The van der Waals surface area contributed by atoms with Crippen LogP contribution >= 0.6 is 15.9 Å². The van der Waals surface area contributed by atoms with Gasteiger partial charge in [0.1, 0.15) is 0 Å². The maximum Gasteiger partial charge on any atom is 0.0669 e. The molecule has 3 nitrogen and oxygen atoms in total. The first kappa shape index (κ1) is 12.9. The molecule has 2 heterocycles. The Morgan fingerprint density at radius 2 is 2.11 bits per heavy atom. The van der Waals surface area contributed by atoms with Crippen LogP contribution in [-0.4, -0.2) is 16.3 Å². The van der Waals surface area contributed by atoms with Gasteiger partial charge in [-0.3, -0.25) is 4.68 Å². The summed E-state index contributed by atoms with van der Waals surface area (Å²) in [7, 11) is 0. The monoisotopic (exact) mass is 319 g/mol. The number of rotatable bonds is 3. The first-order chi connectivity index (χ1) is 9.28. The molecule has 4 heteroatoms. The highest BCUT2D eigenvalue weighted by Crippen LogP contribution is 2.20. The van der Waals surface area contributed by atoms with Crippen molar-refractivity contribution in [2.45, 2.75) is 32.9 Å². The molecule has 100 valence electrons. The molecule has 0 aliphatic carbocycles. The molecule has 1 aliphatic rings. The van der Waals surface area contributed by atoms with Crippen LogP contribution in [0.3, 0.4) is 0 Å². The van der Waals surface area contributed by atoms with Gasteiger partial charge in [0, 0.05) is 35.2 Å². The van der Waals surface area contributed by atoms with Gasteiger partial charge in [-0.25, -0.2) is 0 Å². The fourth-order valence-electron chi connectivity index (χ4n) is 2.67. The fourth-order valence-corrected chi connectivity index (χ4v) is 2.93. The zero-order chi connectivity index (χ0) is 13.2. The van der Waals surface area contributed by atoms with E-state index in [1.165, 1.54) is 22.5 Å². The molecule has 1 aromatic carbocycles. The molecule has 2 aromatic rings. The number of nitrogens with zero attached hydrogens (tertiary/aromatic N) is 2. The van der Waals surface area contributed by atoms with Gasteiger partial charge in [-0.1, -0.05) is 35.0 Å². The summed E-state index contributed by atoms with van der Waals surface area (Å²) in [6.07, 6.45) is 2.09. The highest BCUT2D eigenvalue weighted by molar-refractivity contribution is 9.10. The van der Waals surface area contributed by atoms with E-state index in [2.05, 4.69) is 57.1 Å². The number of hydrogen-bond donors (Lipinski definition) is 1. The number of benzene rings is 1. The van der Waals surface area contributed by atoms with Crippen molar-refractivity contribution < 1.29 is 0 Å². The molecule has 0 saturated carbocycles. The molecular weight excluding hydrogens is 302 g/mol. The number of aromatic nitrogens is 2. The number of fused-ring (bicyclic) bond motifs is 1. The summed E-state index contributed by atoms with van der Waals surface area (Å²) in [5.41, 5.74) is 5.39. The molecule has 1 aliphatic heterocycles. The lowest BCUT2D eigenvalue weighted by Crippen LogP contribution is -2.25. The molecule has 0 fully saturated rings. The minimum absolute atomic E-state index is 0.871. The van der Waals surface area contributed by atoms with Crippen molar-refractivity contribution in [3.8, 4) is 0 Å². The third-order valence-electron chi connectivity index (χ3n) is 3.67. The largest absolute Gasteiger partial charge is 0.312 e. The van der Waals surface area contributed by atoms with E-state index in [9.17, 15) is 0 Å². The van der Waals surface area contributed by atoms with Crippen LogP contribution in [0.4, 0.5) is 0 Å². The van der Waals surface area contributed by atoms with E-state index < -0.39 is 0 Å². The lowest BCUT2D eigenvalue weighted by atomic mass is 10.1. The summed E-state index contributed by atoms with van der Waals surface area (Å²) < 4.78 is 3.32. The average molecular weight is 320 g/mol. The van der Waals surface area contributed by atoms with Crippen molar-refractivity contribution in [2.24, 2.45) is 0 Å². The second-order valence-electron chi connectivity index (χ2n) is 4.94. The van der Waals surface area contributed by atoms with Gasteiger partial charge in [-0.05, 0) is 24.1 Å². The van der Waals surface area contributed by atoms with Crippen LogP contribution in [0.15, 0.2) is 28.7 Å². The Balaban J connectivity index is 1.92. The molecule has 0 radical (unpaired) electrons. The standard InChI is InChI=1S/C15H18BrN3/c1-2-14-13-9-17-8-7-15(13)19(18-14)10-11-3-5-12(16)6-4-11/h3-6,17H,2,7-10H2,1H3. The average Bonchev–Trinajstić information content (AvgIpc) is 2.80. The van der Waals surface area contributed by atoms with Crippen LogP contribution in [0.5, 0.6) is 0 Å². The molecule has 19 heavy (non-hydrogen) atoms. The van der Waals surface area contributed by atoms with E-state index in [1.54, 1.807) is 0 Å². The minimum atomic E-state index is 0.871. The van der Waals surface area contributed by atoms with Crippen molar-refractivity contribution >= 4 is 15.9 Å². The zero-order valence-electron chi connectivity index (χ0n) is 11.1. The topological polar surface area (TPSA) is 29.9 Å². The summed E-state index contributed by atoms with van der Waals surface area (Å²) in [4.78, 5) is 0. The zero-order valence-corrected chi connectivity index (χ0v) is 12.7. The number of halogens is 1. The van der Waals surface area contributed by atoms with Crippen LogP contribution < -0.4 is 5.32 Å². The molecule has 0 unspecified atom stereocenters. The third kappa shape index (κ3) is 2.60. The van der Waals surface area contributed by atoms with Crippen molar-refractivity contribution in [1.82, 2.24) is 15.1 Å². The smallest absolute Gasteiger partial charge is 0.0669 e. The maximum absolute atomic E-state index is 4.79. The van der Waals surface area contributed by atoms with Gasteiger partial charge in [0.25, 0.3) is 0 Å². The number of aryl methyl sites for hydroxylation is 1. The van der Waals surface area contributed by atoms with Gasteiger partial charge in [0.15, 0.2) is 0 Å². The molecule has 0 spiro atoms. The predicted octanol–water partition coefficient (Wildman–Crippen LogP) is 2.90. The van der Waals surface area contributed by atoms with Crippen LogP contribution in [-0.2, 0) is 25.9 Å². The summed E-state index contributed by atoms with van der Waals surface area (Å²) in [6, 6.07) is 8.50. The van der Waals surface area contributed by atoms with Crippen LogP contribution in [0.25, 0.3) is 0 Å². The molecular formula is C15H18BrN3. The second-order valence-corrected chi connectivity index (χ2v) is 5.85. The predicted molar refractivity (Wildman–Crippen MR) is 80.3 cm³/mol. The van der Waals surface area contributed by atoms with Crippen LogP contribution in [0.1, 0.15) is 29.4 Å². The molecule has 0 bridgehead atoms. The van der Waals surface area contributed by atoms with Crippen molar-refractivity contribution in [2.75, 3.05) is 6.54 Å². The molecule has 0 saturated heterocycles. The van der Waals surface area contributed by atoms with E-state index in [4.69, 9.17) is 5.10 Å². The number of hydrogen-bond acceptors (Lipinski definition) is 2. The Hall–Kier alpha value is -1.13. The first-order valence-corrected chi connectivity index (χ1v) is 7.60. The molecule has 3 rings (SSSR count). The maximum atomic E-state index is 4.79. The SMILES string of the molecule is CCc1nn(Cc2ccc(Br)cc2)c2c1CNCC2. The van der Waals surface area contributed by atoms with Crippen molar-refractivity contribution in [3.05, 3.63) is 51.3 Å². The lowest BCUT2D eigenvalue weighted by Gasteiger charge is -2.15. The summed E-state index contributed by atoms with van der Waals surface area (Å²) in [5, 5.41) is 8.23. The highest BCUT2D eigenvalue weighted by Gasteiger charge is 2.19. The van der Waals surface area contributed by atoms with Crippen LogP contribution in [0, 0.1) is 0 Å². The van der Waals surface area contributed by atoms with E-state index in [0.717, 1.165) is 36.9 Å². The normalized spacial score (nSPS) is 14.4. The highest BCUT2D eigenvalue weighted by atomic mass is 79.9. The van der Waals surface area contributed by atoms with Gasteiger partial charge in [0.2, 0.25) is 0 Å². The van der Waals surface area contributed by atoms with Gasteiger partial charge in [0.05, 0.1) is 12.2 Å². The molecule has 0 atom stereocenters. The second kappa shape index (κ2) is 5.47. The summed E-state index contributed by atoms with van der Waals surface area (Å²) in [5.74, 6) is 0. The quantitative estimate of drug-likeness (QED) is 0.942.